The molecule has 1 N–H and O–H groups in total. The molecule has 2 aromatic carbocycles. The van der Waals surface area contributed by atoms with E-state index >= 15 is 0 Å². The van der Waals surface area contributed by atoms with Gasteiger partial charge in [-0.05, 0) is 53.6 Å². The molecule has 0 spiro atoms. The van der Waals surface area contributed by atoms with Gasteiger partial charge in [-0.15, -0.1) is 0 Å². The van der Waals surface area contributed by atoms with Crippen molar-refractivity contribution in [1.82, 2.24) is 4.90 Å². The van der Waals surface area contributed by atoms with E-state index in [2.05, 4.69) is 41.7 Å². The zero-order valence-corrected chi connectivity index (χ0v) is 16.9. The van der Waals surface area contributed by atoms with Crippen molar-refractivity contribution in [3.8, 4) is 11.1 Å². The van der Waals surface area contributed by atoms with Gasteiger partial charge in [0.1, 0.15) is 0 Å². The second-order valence-electron chi connectivity index (χ2n) is 9.01. The summed E-state index contributed by atoms with van der Waals surface area (Å²) in [6.45, 7) is 7.15. The van der Waals surface area contributed by atoms with Crippen LogP contribution in [-0.2, 0) is 16.0 Å². The summed E-state index contributed by atoms with van der Waals surface area (Å²) in [6.07, 6.45) is 2.41. The van der Waals surface area contributed by atoms with Gasteiger partial charge in [-0.2, -0.15) is 0 Å². The molecule has 4 heteroatoms. The highest BCUT2D eigenvalue weighted by atomic mass is 16.2. The van der Waals surface area contributed by atoms with Crippen LogP contribution >= 0.6 is 0 Å². The van der Waals surface area contributed by atoms with E-state index in [1.165, 1.54) is 22.3 Å². The number of benzene rings is 2. The first kappa shape index (κ1) is 18.7. The van der Waals surface area contributed by atoms with Gasteiger partial charge in [-0.25, -0.2) is 0 Å². The normalized spacial score (nSPS) is 16.5. The van der Waals surface area contributed by atoms with Gasteiger partial charge in [-0.3, -0.25) is 9.59 Å². The molecule has 2 aromatic rings. The van der Waals surface area contributed by atoms with Gasteiger partial charge >= 0.3 is 0 Å². The molecule has 0 unspecified atom stereocenters. The summed E-state index contributed by atoms with van der Waals surface area (Å²) in [5, 5.41) is 3.10. The minimum Gasteiger partial charge on any atom is -0.342 e. The zero-order valence-electron chi connectivity index (χ0n) is 16.9. The van der Waals surface area contributed by atoms with Gasteiger partial charge < -0.3 is 10.2 Å². The minimum atomic E-state index is -0.365. The molecule has 1 aliphatic carbocycles. The molecular weight excluding hydrogens is 348 g/mol. The summed E-state index contributed by atoms with van der Waals surface area (Å²) in [5.74, 6) is 0.197. The fourth-order valence-corrected chi connectivity index (χ4v) is 4.26. The molecule has 0 radical (unpaired) electrons. The van der Waals surface area contributed by atoms with E-state index in [-0.39, 0.29) is 23.1 Å². The van der Waals surface area contributed by atoms with Crippen molar-refractivity contribution in [2.24, 2.45) is 11.3 Å². The van der Waals surface area contributed by atoms with Crippen LogP contribution in [0.25, 0.3) is 11.1 Å². The molecule has 1 fully saturated rings. The Morgan fingerprint density at radius 2 is 1.64 bits per heavy atom. The number of hydrogen-bond donors (Lipinski definition) is 1. The number of amides is 2. The van der Waals surface area contributed by atoms with E-state index in [1.54, 1.807) is 0 Å². The van der Waals surface area contributed by atoms with E-state index in [9.17, 15) is 9.59 Å². The average Bonchev–Trinajstić information content (AvgIpc) is 3.05. The number of anilines is 1. The van der Waals surface area contributed by atoms with Gasteiger partial charge in [-0.1, -0.05) is 51.1 Å². The third-order valence-electron chi connectivity index (χ3n) is 5.86. The van der Waals surface area contributed by atoms with Crippen LogP contribution in [0.15, 0.2) is 42.5 Å². The van der Waals surface area contributed by atoms with Crippen molar-refractivity contribution in [2.45, 2.75) is 40.0 Å². The first-order valence-corrected chi connectivity index (χ1v) is 10.1. The molecule has 1 aliphatic heterocycles. The van der Waals surface area contributed by atoms with Crippen LogP contribution in [0.1, 0.15) is 44.7 Å². The van der Waals surface area contributed by atoms with Crippen LogP contribution in [0, 0.1) is 11.3 Å². The highest BCUT2D eigenvalue weighted by molar-refractivity contribution is 5.94. The number of nitrogens with zero attached hydrogens (tertiary/aromatic N) is 1. The molecule has 0 bridgehead atoms. The SMILES string of the molecule is CC(C)(C)C(=O)N1CCC(C(=O)Nc2ccc3c(c2)-c2ccccc2C3)CC1. The van der Waals surface area contributed by atoms with Crippen LogP contribution in [0.5, 0.6) is 0 Å². The number of nitrogens with one attached hydrogen (secondary N) is 1. The molecule has 2 aliphatic rings. The Bertz CT molecular complexity index is 918. The van der Waals surface area contributed by atoms with Crippen molar-refractivity contribution in [3.63, 3.8) is 0 Å². The Hall–Kier alpha value is -2.62. The molecular formula is C24H28N2O2. The van der Waals surface area contributed by atoms with Gasteiger partial charge in [0.25, 0.3) is 0 Å². The Labute approximate surface area is 166 Å². The first-order valence-electron chi connectivity index (χ1n) is 10.1. The van der Waals surface area contributed by atoms with E-state index < -0.39 is 0 Å². The van der Waals surface area contributed by atoms with E-state index in [0.717, 1.165) is 24.9 Å². The molecule has 1 saturated heterocycles. The smallest absolute Gasteiger partial charge is 0.227 e. The third kappa shape index (κ3) is 3.56. The fraction of sp³-hybridized carbons (Fsp3) is 0.417. The Morgan fingerprint density at radius 3 is 2.36 bits per heavy atom. The molecule has 28 heavy (non-hydrogen) atoms. The standard InChI is InChI=1S/C24H28N2O2/c1-24(2,3)23(28)26-12-10-16(11-13-26)22(27)25-19-9-8-18-14-17-6-4-5-7-20(17)21(18)15-19/h4-9,15-16H,10-14H2,1-3H3,(H,25,27). The van der Waals surface area contributed by atoms with Crippen molar-refractivity contribution in [3.05, 3.63) is 53.6 Å². The maximum absolute atomic E-state index is 12.8. The minimum absolute atomic E-state index is 0.0374. The summed E-state index contributed by atoms with van der Waals surface area (Å²) >= 11 is 0. The number of piperidine rings is 1. The lowest BCUT2D eigenvalue weighted by molar-refractivity contribution is -0.142. The zero-order chi connectivity index (χ0) is 19.9. The predicted octanol–water partition coefficient (Wildman–Crippen LogP) is 4.48. The molecule has 1 heterocycles. The summed E-state index contributed by atoms with van der Waals surface area (Å²) in [5.41, 5.74) is 5.64. The Morgan fingerprint density at radius 1 is 0.964 bits per heavy atom. The summed E-state index contributed by atoms with van der Waals surface area (Å²) < 4.78 is 0. The second-order valence-corrected chi connectivity index (χ2v) is 9.01. The van der Waals surface area contributed by atoms with Crippen molar-refractivity contribution < 1.29 is 9.59 Å². The van der Waals surface area contributed by atoms with Crippen LogP contribution < -0.4 is 5.32 Å². The first-order chi connectivity index (χ1) is 13.3. The average molecular weight is 377 g/mol. The maximum atomic E-state index is 12.8. The Kier molecular flexibility index (Phi) is 4.74. The largest absolute Gasteiger partial charge is 0.342 e. The predicted molar refractivity (Wildman–Crippen MR) is 112 cm³/mol. The molecule has 0 atom stereocenters. The number of likely N-dealkylation sites (tertiary alicyclic amines) is 1. The molecule has 0 saturated carbocycles. The number of carbonyl (C=O) groups excluding carboxylic acids is 2. The summed E-state index contributed by atoms with van der Waals surface area (Å²) in [7, 11) is 0. The molecule has 4 nitrogen and oxygen atoms in total. The van der Waals surface area contributed by atoms with E-state index in [0.29, 0.717) is 13.1 Å². The van der Waals surface area contributed by atoms with Crippen molar-refractivity contribution in [2.75, 3.05) is 18.4 Å². The topological polar surface area (TPSA) is 49.4 Å². The lowest BCUT2D eigenvalue weighted by Crippen LogP contribution is -2.45. The van der Waals surface area contributed by atoms with Crippen LogP contribution in [0.3, 0.4) is 0 Å². The van der Waals surface area contributed by atoms with Gasteiger partial charge in [0.2, 0.25) is 11.8 Å². The van der Waals surface area contributed by atoms with Gasteiger partial charge in [0.15, 0.2) is 0 Å². The lowest BCUT2D eigenvalue weighted by Gasteiger charge is -2.35. The second kappa shape index (κ2) is 7.08. The van der Waals surface area contributed by atoms with E-state index in [1.807, 2.05) is 31.7 Å². The fourth-order valence-electron chi connectivity index (χ4n) is 4.26. The monoisotopic (exact) mass is 376 g/mol. The molecule has 0 aromatic heterocycles. The van der Waals surface area contributed by atoms with Gasteiger partial charge in [0.05, 0.1) is 0 Å². The lowest BCUT2D eigenvalue weighted by atomic mass is 9.90. The maximum Gasteiger partial charge on any atom is 0.227 e. The highest BCUT2D eigenvalue weighted by Crippen LogP contribution is 2.38. The molecule has 4 rings (SSSR count). The summed E-state index contributed by atoms with van der Waals surface area (Å²) in [6, 6.07) is 14.7. The van der Waals surface area contributed by atoms with Crippen LogP contribution in [-0.4, -0.2) is 29.8 Å². The van der Waals surface area contributed by atoms with Gasteiger partial charge in [0, 0.05) is 30.1 Å². The number of carbonyl (C=O) groups is 2. The summed E-state index contributed by atoms with van der Waals surface area (Å²) in [4.78, 5) is 27.1. The van der Waals surface area contributed by atoms with Crippen molar-refractivity contribution >= 4 is 17.5 Å². The van der Waals surface area contributed by atoms with Crippen LogP contribution in [0.2, 0.25) is 0 Å². The quantitative estimate of drug-likeness (QED) is 0.717. The Balaban J connectivity index is 1.40. The van der Waals surface area contributed by atoms with E-state index in [4.69, 9.17) is 0 Å². The highest BCUT2D eigenvalue weighted by Gasteiger charge is 2.32. The molecule has 2 amide bonds. The van der Waals surface area contributed by atoms with Crippen LogP contribution in [0.4, 0.5) is 5.69 Å². The molecule has 146 valence electrons. The number of rotatable bonds is 2. The third-order valence-corrected chi connectivity index (χ3v) is 5.86. The number of fused-ring (bicyclic) bond motifs is 3. The van der Waals surface area contributed by atoms with Crippen molar-refractivity contribution in [1.29, 1.82) is 0 Å². The number of hydrogen-bond acceptors (Lipinski definition) is 2.